The SMILES string of the molecule is CCCCCCCCCCCCCCCCCN1C=CN(CCC)C1c1ccccc1. The van der Waals surface area contributed by atoms with E-state index in [0.717, 1.165) is 6.54 Å². The van der Waals surface area contributed by atoms with Crippen molar-refractivity contribution in [1.82, 2.24) is 9.80 Å². The van der Waals surface area contributed by atoms with E-state index in [9.17, 15) is 0 Å². The molecule has 1 unspecified atom stereocenters. The average Bonchev–Trinajstić information content (AvgIpc) is 3.19. The van der Waals surface area contributed by atoms with Crippen LogP contribution in [0.1, 0.15) is 128 Å². The Bertz CT molecular complexity index is 553. The maximum Gasteiger partial charge on any atom is 0.127 e. The lowest BCUT2D eigenvalue weighted by molar-refractivity contribution is 0.152. The summed E-state index contributed by atoms with van der Waals surface area (Å²) in [6.45, 7) is 6.88. The van der Waals surface area contributed by atoms with Crippen LogP contribution in [-0.2, 0) is 0 Å². The molecule has 1 aromatic carbocycles. The van der Waals surface area contributed by atoms with E-state index < -0.39 is 0 Å². The first-order valence-corrected chi connectivity index (χ1v) is 13.6. The minimum atomic E-state index is 0.396. The summed E-state index contributed by atoms with van der Waals surface area (Å²) in [5, 5.41) is 0. The minimum Gasteiger partial charge on any atom is -0.352 e. The van der Waals surface area contributed by atoms with Gasteiger partial charge in [0, 0.05) is 25.5 Å². The first-order chi connectivity index (χ1) is 15.4. The van der Waals surface area contributed by atoms with Gasteiger partial charge >= 0.3 is 0 Å². The van der Waals surface area contributed by atoms with Gasteiger partial charge in [0.2, 0.25) is 0 Å². The predicted octanol–water partition coefficient (Wildman–Crippen LogP) is 9.06. The minimum absolute atomic E-state index is 0.396. The highest BCUT2D eigenvalue weighted by Gasteiger charge is 2.26. The van der Waals surface area contributed by atoms with Crippen LogP contribution in [0.3, 0.4) is 0 Å². The Balaban J connectivity index is 1.47. The highest BCUT2D eigenvalue weighted by molar-refractivity contribution is 5.21. The molecular formula is C29H50N2. The van der Waals surface area contributed by atoms with Crippen LogP contribution in [0, 0.1) is 0 Å². The van der Waals surface area contributed by atoms with E-state index in [1.807, 2.05) is 0 Å². The molecule has 0 saturated carbocycles. The van der Waals surface area contributed by atoms with E-state index >= 15 is 0 Å². The van der Waals surface area contributed by atoms with Crippen LogP contribution >= 0.6 is 0 Å². The maximum absolute atomic E-state index is 2.55. The highest BCUT2D eigenvalue weighted by Crippen LogP contribution is 2.31. The van der Waals surface area contributed by atoms with Gasteiger partial charge in [-0.05, 0) is 18.4 Å². The molecule has 31 heavy (non-hydrogen) atoms. The summed E-state index contributed by atoms with van der Waals surface area (Å²) in [5.74, 6) is 0. The molecule has 2 heteroatoms. The number of rotatable bonds is 19. The molecule has 1 atom stereocenters. The van der Waals surface area contributed by atoms with Gasteiger partial charge in [-0.3, -0.25) is 0 Å². The van der Waals surface area contributed by atoms with Crippen LogP contribution in [0.25, 0.3) is 0 Å². The van der Waals surface area contributed by atoms with Crippen LogP contribution in [0.15, 0.2) is 42.7 Å². The van der Waals surface area contributed by atoms with Gasteiger partial charge in [-0.15, -0.1) is 0 Å². The van der Waals surface area contributed by atoms with Crippen molar-refractivity contribution in [3.05, 3.63) is 48.3 Å². The van der Waals surface area contributed by atoms with Gasteiger partial charge < -0.3 is 9.80 Å². The van der Waals surface area contributed by atoms with E-state index in [-0.39, 0.29) is 0 Å². The molecule has 0 aliphatic carbocycles. The van der Waals surface area contributed by atoms with Gasteiger partial charge in [-0.25, -0.2) is 0 Å². The second-order valence-electron chi connectivity index (χ2n) is 9.51. The van der Waals surface area contributed by atoms with Gasteiger partial charge in [0.05, 0.1) is 0 Å². The van der Waals surface area contributed by atoms with Crippen LogP contribution in [0.5, 0.6) is 0 Å². The van der Waals surface area contributed by atoms with Gasteiger partial charge in [0.25, 0.3) is 0 Å². The Morgan fingerprint density at radius 1 is 0.516 bits per heavy atom. The Morgan fingerprint density at radius 3 is 1.45 bits per heavy atom. The molecular weight excluding hydrogens is 376 g/mol. The molecule has 0 spiro atoms. The molecule has 0 aromatic heterocycles. The Hall–Kier alpha value is -1.44. The normalized spacial score (nSPS) is 15.9. The van der Waals surface area contributed by atoms with E-state index in [2.05, 4.69) is 66.4 Å². The molecule has 2 nitrogen and oxygen atoms in total. The van der Waals surface area contributed by atoms with Crippen molar-refractivity contribution < 1.29 is 0 Å². The molecule has 1 aromatic rings. The number of hydrogen-bond donors (Lipinski definition) is 0. The Kier molecular flexibility index (Phi) is 14.3. The Labute approximate surface area is 194 Å². The van der Waals surface area contributed by atoms with Gasteiger partial charge in [-0.2, -0.15) is 0 Å². The lowest BCUT2D eigenvalue weighted by Gasteiger charge is -2.33. The average molecular weight is 427 g/mol. The van der Waals surface area contributed by atoms with Crippen molar-refractivity contribution in [2.45, 2.75) is 123 Å². The highest BCUT2D eigenvalue weighted by atomic mass is 15.4. The van der Waals surface area contributed by atoms with Crippen LogP contribution in [0.2, 0.25) is 0 Å². The summed E-state index contributed by atoms with van der Waals surface area (Å²) >= 11 is 0. The molecule has 0 bridgehead atoms. The van der Waals surface area contributed by atoms with E-state index in [1.165, 1.54) is 115 Å². The summed E-state index contributed by atoms with van der Waals surface area (Å²) < 4.78 is 0. The van der Waals surface area contributed by atoms with Crippen LogP contribution in [0.4, 0.5) is 0 Å². The molecule has 2 rings (SSSR count). The molecule has 0 saturated heterocycles. The standard InChI is InChI=1S/C29H50N2/c1-3-5-6-7-8-9-10-11-12-13-14-15-16-17-21-25-31-27-26-30(24-4-2)29(31)28-22-19-18-20-23-28/h18-20,22-23,26-27,29H,3-17,21,24-25H2,1-2H3. The fourth-order valence-electron chi connectivity index (χ4n) is 4.85. The van der Waals surface area contributed by atoms with Crippen molar-refractivity contribution in [2.75, 3.05) is 13.1 Å². The van der Waals surface area contributed by atoms with Crippen molar-refractivity contribution in [1.29, 1.82) is 0 Å². The second-order valence-corrected chi connectivity index (χ2v) is 9.51. The molecule has 0 N–H and O–H groups in total. The van der Waals surface area contributed by atoms with Crippen molar-refractivity contribution in [3.8, 4) is 0 Å². The summed E-state index contributed by atoms with van der Waals surface area (Å²) in [6, 6.07) is 11.0. The molecule has 1 aliphatic heterocycles. The summed E-state index contributed by atoms with van der Waals surface area (Å²) in [7, 11) is 0. The second kappa shape index (κ2) is 17.2. The van der Waals surface area contributed by atoms with Gasteiger partial charge in [-0.1, -0.05) is 134 Å². The lowest BCUT2D eigenvalue weighted by Crippen LogP contribution is -2.31. The fourth-order valence-corrected chi connectivity index (χ4v) is 4.85. The first kappa shape index (κ1) is 25.8. The molecule has 0 radical (unpaired) electrons. The molecule has 0 fully saturated rings. The number of unbranched alkanes of at least 4 members (excludes halogenated alkanes) is 14. The van der Waals surface area contributed by atoms with Crippen molar-refractivity contribution in [2.24, 2.45) is 0 Å². The first-order valence-electron chi connectivity index (χ1n) is 13.6. The fraction of sp³-hybridized carbons (Fsp3) is 0.724. The third kappa shape index (κ3) is 10.6. The van der Waals surface area contributed by atoms with E-state index in [1.54, 1.807) is 0 Å². The van der Waals surface area contributed by atoms with Gasteiger partial charge in [0.1, 0.15) is 6.17 Å². The lowest BCUT2D eigenvalue weighted by atomic mass is 10.0. The molecule has 0 amide bonds. The predicted molar refractivity (Wildman–Crippen MR) is 137 cm³/mol. The summed E-state index contributed by atoms with van der Waals surface area (Å²) in [5.41, 5.74) is 1.42. The largest absolute Gasteiger partial charge is 0.352 e. The summed E-state index contributed by atoms with van der Waals surface area (Å²) in [6.07, 6.45) is 27.6. The maximum atomic E-state index is 2.55. The zero-order valence-corrected chi connectivity index (χ0v) is 20.7. The molecule has 176 valence electrons. The number of nitrogens with zero attached hydrogens (tertiary/aromatic N) is 2. The number of benzene rings is 1. The van der Waals surface area contributed by atoms with E-state index in [4.69, 9.17) is 0 Å². The third-order valence-electron chi connectivity index (χ3n) is 6.68. The van der Waals surface area contributed by atoms with Crippen molar-refractivity contribution >= 4 is 0 Å². The summed E-state index contributed by atoms with van der Waals surface area (Å²) in [4.78, 5) is 5.05. The number of hydrogen-bond acceptors (Lipinski definition) is 2. The molecule has 1 heterocycles. The van der Waals surface area contributed by atoms with Crippen LogP contribution < -0.4 is 0 Å². The van der Waals surface area contributed by atoms with Gasteiger partial charge in [0.15, 0.2) is 0 Å². The smallest absolute Gasteiger partial charge is 0.127 e. The Morgan fingerprint density at radius 2 is 0.968 bits per heavy atom. The molecule has 1 aliphatic rings. The zero-order chi connectivity index (χ0) is 22.0. The monoisotopic (exact) mass is 426 g/mol. The van der Waals surface area contributed by atoms with E-state index in [0.29, 0.717) is 6.17 Å². The zero-order valence-electron chi connectivity index (χ0n) is 20.7. The quantitative estimate of drug-likeness (QED) is 0.203. The third-order valence-corrected chi connectivity index (χ3v) is 6.68. The topological polar surface area (TPSA) is 6.48 Å². The van der Waals surface area contributed by atoms with Crippen molar-refractivity contribution in [3.63, 3.8) is 0 Å². The van der Waals surface area contributed by atoms with Crippen LogP contribution in [-0.4, -0.2) is 22.9 Å².